The second kappa shape index (κ2) is 5.25. The summed E-state index contributed by atoms with van der Waals surface area (Å²) in [5, 5.41) is -0.363. The van der Waals surface area contributed by atoms with Gasteiger partial charge in [0, 0.05) is 5.69 Å². The molecule has 6 heteroatoms. The van der Waals surface area contributed by atoms with Gasteiger partial charge < -0.3 is 10.5 Å². The molecule has 0 atom stereocenters. The van der Waals surface area contributed by atoms with Crippen molar-refractivity contribution in [2.24, 2.45) is 0 Å². The highest BCUT2D eigenvalue weighted by molar-refractivity contribution is 6.31. The van der Waals surface area contributed by atoms with E-state index in [4.69, 9.17) is 22.1 Å². The standard InChI is InChI=1S/C14H11ClF3NO/c1-8-6-9(3-5-13(8)19)20-10-2-4-12(15)11(7-10)14(16,17)18/h2-7H,19H2,1H3. The summed E-state index contributed by atoms with van der Waals surface area (Å²) >= 11 is 5.54. The van der Waals surface area contributed by atoms with Crippen LogP contribution in [0.5, 0.6) is 11.5 Å². The summed E-state index contributed by atoms with van der Waals surface area (Å²) in [5.74, 6) is 0.470. The van der Waals surface area contributed by atoms with Crippen LogP contribution in [0.25, 0.3) is 0 Å². The van der Waals surface area contributed by atoms with Crippen LogP contribution in [0.1, 0.15) is 11.1 Å². The molecule has 0 saturated heterocycles. The van der Waals surface area contributed by atoms with Crippen molar-refractivity contribution >= 4 is 17.3 Å². The molecule has 0 heterocycles. The molecule has 0 unspecified atom stereocenters. The quantitative estimate of drug-likeness (QED) is 0.789. The van der Waals surface area contributed by atoms with Crippen LogP contribution < -0.4 is 10.5 Å². The highest BCUT2D eigenvalue weighted by Gasteiger charge is 2.33. The maximum atomic E-state index is 12.7. The van der Waals surface area contributed by atoms with Crippen molar-refractivity contribution < 1.29 is 17.9 Å². The average molecular weight is 302 g/mol. The van der Waals surface area contributed by atoms with Gasteiger partial charge in [-0.25, -0.2) is 0 Å². The van der Waals surface area contributed by atoms with Gasteiger partial charge in [-0.05, 0) is 48.9 Å². The van der Waals surface area contributed by atoms with Gasteiger partial charge in [0.05, 0.1) is 10.6 Å². The summed E-state index contributed by atoms with van der Waals surface area (Å²) < 4.78 is 43.6. The second-order valence-corrected chi connectivity index (χ2v) is 4.67. The fourth-order valence-electron chi connectivity index (χ4n) is 1.63. The van der Waals surface area contributed by atoms with Crippen molar-refractivity contribution in [1.82, 2.24) is 0 Å². The number of alkyl halides is 3. The van der Waals surface area contributed by atoms with Gasteiger partial charge in [0.25, 0.3) is 0 Å². The van der Waals surface area contributed by atoms with E-state index in [1.54, 1.807) is 25.1 Å². The lowest BCUT2D eigenvalue weighted by molar-refractivity contribution is -0.137. The van der Waals surface area contributed by atoms with Crippen molar-refractivity contribution in [1.29, 1.82) is 0 Å². The first kappa shape index (κ1) is 14.5. The molecule has 0 aliphatic carbocycles. The number of hydrogen-bond acceptors (Lipinski definition) is 2. The van der Waals surface area contributed by atoms with Gasteiger partial charge >= 0.3 is 6.18 Å². The molecule has 0 radical (unpaired) electrons. The molecule has 0 aliphatic rings. The monoisotopic (exact) mass is 301 g/mol. The SMILES string of the molecule is Cc1cc(Oc2ccc(Cl)c(C(F)(F)F)c2)ccc1N. The highest BCUT2D eigenvalue weighted by atomic mass is 35.5. The van der Waals surface area contributed by atoms with E-state index in [1.807, 2.05) is 0 Å². The summed E-state index contributed by atoms with van der Waals surface area (Å²) in [5.41, 5.74) is 6.11. The van der Waals surface area contributed by atoms with Gasteiger partial charge in [0.2, 0.25) is 0 Å². The number of rotatable bonds is 2. The lowest BCUT2D eigenvalue weighted by atomic mass is 10.2. The molecule has 2 N–H and O–H groups in total. The molecule has 0 fully saturated rings. The van der Waals surface area contributed by atoms with Gasteiger partial charge in [0.1, 0.15) is 11.5 Å². The number of anilines is 1. The minimum absolute atomic E-state index is 0.0610. The van der Waals surface area contributed by atoms with Gasteiger partial charge in [-0.2, -0.15) is 13.2 Å². The largest absolute Gasteiger partial charge is 0.457 e. The Morgan fingerprint density at radius 3 is 2.25 bits per heavy atom. The Labute approximate surface area is 118 Å². The molecule has 106 valence electrons. The highest BCUT2D eigenvalue weighted by Crippen LogP contribution is 2.37. The van der Waals surface area contributed by atoms with E-state index in [1.165, 1.54) is 6.07 Å². The Morgan fingerprint density at radius 1 is 1.05 bits per heavy atom. The third kappa shape index (κ3) is 3.17. The van der Waals surface area contributed by atoms with Crippen LogP contribution in [0.4, 0.5) is 18.9 Å². The molecule has 2 rings (SSSR count). The minimum atomic E-state index is -4.52. The molecular formula is C14H11ClF3NO. The first-order valence-corrected chi connectivity index (χ1v) is 6.06. The fraction of sp³-hybridized carbons (Fsp3) is 0.143. The smallest absolute Gasteiger partial charge is 0.417 e. The maximum absolute atomic E-state index is 12.7. The summed E-state index contributed by atoms with van der Waals surface area (Å²) in [6, 6.07) is 8.27. The molecule has 2 aromatic rings. The van der Waals surface area contributed by atoms with E-state index in [2.05, 4.69) is 0 Å². The normalized spacial score (nSPS) is 11.4. The van der Waals surface area contributed by atoms with Crippen LogP contribution in [-0.4, -0.2) is 0 Å². The molecular weight excluding hydrogens is 291 g/mol. The number of aryl methyl sites for hydroxylation is 1. The Morgan fingerprint density at radius 2 is 1.65 bits per heavy atom. The molecule has 0 aliphatic heterocycles. The van der Waals surface area contributed by atoms with E-state index in [0.717, 1.165) is 17.7 Å². The zero-order chi connectivity index (χ0) is 14.9. The van der Waals surface area contributed by atoms with Crippen molar-refractivity contribution in [3.05, 3.63) is 52.5 Å². The van der Waals surface area contributed by atoms with Crippen LogP contribution in [-0.2, 0) is 6.18 Å². The number of nitrogens with two attached hydrogens (primary N) is 1. The Hall–Kier alpha value is -1.88. The van der Waals surface area contributed by atoms with Gasteiger partial charge in [-0.15, -0.1) is 0 Å². The number of nitrogen functional groups attached to an aromatic ring is 1. The molecule has 0 bridgehead atoms. The van der Waals surface area contributed by atoms with Crippen molar-refractivity contribution in [3.8, 4) is 11.5 Å². The third-order valence-corrected chi connectivity index (χ3v) is 3.05. The predicted molar refractivity (Wildman–Crippen MR) is 72.1 cm³/mol. The molecule has 0 aromatic heterocycles. The molecule has 20 heavy (non-hydrogen) atoms. The first-order valence-electron chi connectivity index (χ1n) is 5.68. The van der Waals surface area contributed by atoms with Crippen LogP contribution >= 0.6 is 11.6 Å². The van der Waals surface area contributed by atoms with Gasteiger partial charge in [0.15, 0.2) is 0 Å². The third-order valence-electron chi connectivity index (χ3n) is 2.72. The van der Waals surface area contributed by atoms with Crippen molar-refractivity contribution in [3.63, 3.8) is 0 Å². The summed E-state index contributed by atoms with van der Waals surface area (Å²) in [6.07, 6.45) is -4.52. The summed E-state index contributed by atoms with van der Waals surface area (Å²) in [4.78, 5) is 0. The van der Waals surface area contributed by atoms with E-state index in [0.29, 0.717) is 11.4 Å². The average Bonchev–Trinajstić information content (AvgIpc) is 2.35. The fourth-order valence-corrected chi connectivity index (χ4v) is 1.86. The van der Waals surface area contributed by atoms with E-state index in [9.17, 15) is 13.2 Å². The van der Waals surface area contributed by atoms with Gasteiger partial charge in [-0.3, -0.25) is 0 Å². The maximum Gasteiger partial charge on any atom is 0.417 e. The zero-order valence-corrected chi connectivity index (χ0v) is 11.2. The van der Waals surface area contributed by atoms with Crippen LogP contribution in [0.15, 0.2) is 36.4 Å². The minimum Gasteiger partial charge on any atom is -0.457 e. The lowest BCUT2D eigenvalue weighted by Gasteiger charge is -2.12. The van der Waals surface area contributed by atoms with Crippen molar-refractivity contribution in [2.45, 2.75) is 13.1 Å². The lowest BCUT2D eigenvalue weighted by Crippen LogP contribution is -2.05. The van der Waals surface area contributed by atoms with Crippen LogP contribution in [0, 0.1) is 6.92 Å². The topological polar surface area (TPSA) is 35.2 Å². The zero-order valence-electron chi connectivity index (χ0n) is 10.5. The number of hydrogen-bond donors (Lipinski definition) is 1. The van der Waals surface area contributed by atoms with Crippen LogP contribution in [0.3, 0.4) is 0 Å². The predicted octanol–water partition coefficient (Wildman–Crippen LogP) is 5.04. The molecule has 0 saturated carbocycles. The molecule has 2 aromatic carbocycles. The molecule has 0 spiro atoms. The van der Waals surface area contributed by atoms with E-state index < -0.39 is 11.7 Å². The summed E-state index contributed by atoms with van der Waals surface area (Å²) in [7, 11) is 0. The summed E-state index contributed by atoms with van der Waals surface area (Å²) in [6.45, 7) is 1.78. The molecule has 2 nitrogen and oxygen atoms in total. The Kier molecular flexibility index (Phi) is 3.81. The van der Waals surface area contributed by atoms with E-state index in [-0.39, 0.29) is 10.8 Å². The number of ether oxygens (including phenoxy) is 1. The van der Waals surface area contributed by atoms with Crippen LogP contribution in [0.2, 0.25) is 5.02 Å². The first-order chi connectivity index (χ1) is 9.27. The van der Waals surface area contributed by atoms with Gasteiger partial charge in [-0.1, -0.05) is 11.6 Å². The number of benzene rings is 2. The van der Waals surface area contributed by atoms with E-state index >= 15 is 0 Å². The molecule has 0 amide bonds. The number of halogens is 4. The second-order valence-electron chi connectivity index (χ2n) is 4.26. The van der Waals surface area contributed by atoms with Crippen molar-refractivity contribution in [2.75, 3.05) is 5.73 Å². The Balaban J connectivity index is 2.32. The Bertz CT molecular complexity index is 641.